The molecule has 0 bridgehead atoms. The molecule has 0 aliphatic carbocycles. The molecule has 164 valence electrons. The van der Waals surface area contributed by atoms with E-state index in [0.29, 0.717) is 37.4 Å². The van der Waals surface area contributed by atoms with E-state index in [2.05, 4.69) is 29.9 Å². The molecule has 1 N–H and O–H groups in total. The Labute approximate surface area is 183 Å². The zero-order chi connectivity index (χ0) is 22.5. The van der Waals surface area contributed by atoms with Gasteiger partial charge < -0.3 is 19.9 Å². The summed E-state index contributed by atoms with van der Waals surface area (Å²) in [5.74, 6) is 0.760. The van der Waals surface area contributed by atoms with Crippen LogP contribution in [-0.2, 0) is 4.74 Å². The summed E-state index contributed by atoms with van der Waals surface area (Å²) < 4.78 is 4.68. The Morgan fingerprint density at radius 1 is 1.03 bits per heavy atom. The molecule has 0 atom stereocenters. The van der Waals surface area contributed by atoms with Gasteiger partial charge in [0.2, 0.25) is 11.6 Å². The number of carbonyl (C=O) groups excluding carboxylic acids is 1. The molecule has 0 unspecified atom stereocenters. The van der Waals surface area contributed by atoms with E-state index in [-0.39, 0.29) is 17.3 Å². The average molecular weight is 435 g/mol. The van der Waals surface area contributed by atoms with Gasteiger partial charge in [-0.2, -0.15) is 0 Å². The molecule has 11 heteroatoms. The summed E-state index contributed by atoms with van der Waals surface area (Å²) in [6, 6.07) is 12.1. The van der Waals surface area contributed by atoms with Crippen LogP contribution in [0.3, 0.4) is 0 Å². The minimum Gasteiger partial charge on any atom is -0.465 e. The van der Waals surface area contributed by atoms with E-state index in [9.17, 15) is 14.9 Å². The fourth-order valence-corrected chi connectivity index (χ4v) is 3.49. The van der Waals surface area contributed by atoms with Crippen molar-refractivity contribution in [1.29, 1.82) is 0 Å². The number of ether oxygens (including phenoxy) is 1. The van der Waals surface area contributed by atoms with Crippen LogP contribution < -0.4 is 15.1 Å². The second-order valence-corrected chi connectivity index (χ2v) is 7.01. The molecule has 0 radical (unpaired) electrons. The van der Waals surface area contributed by atoms with Crippen LogP contribution in [0.1, 0.15) is 10.4 Å². The average Bonchev–Trinajstić information content (AvgIpc) is 2.84. The summed E-state index contributed by atoms with van der Waals surface area (Å²) in [7, 11) is 1.30. The van der Waals surface area contributed by atoms with Gasteiger partial charge in [-0.3, -0.25) is 10.1 Å². The maximum absolute atomic E-state index is 11.9. The third-order valence-corrected chi connectivity index (χ3v) is 5.11. The molecule has 0 spiro atoms. The second kappa shape index (κ2) is 9.25. The Kier molecular flexibility index (Phi) is 6.06. The van der Waals surface area contributed by atoms with Gasteiger partial charge in [0.15, 0.2) is 0 Å². The predicted molar refractivity (Wildman–Crippen MR) is 118 cm³/mol. The minimum absolute atomic E-state index is 0.0815. The lowest BCUT2D eigenvalue weighted by atomic mass is 10.2. The normalized spacial score (nSPS) is 13.5. The highest BCUT2D eigenvalue weighted by molar-refractivity contribution is 5.90. The summed E-state index contributed by atoms with van der Waals surface area (Å²) in [6.07, 6.45) is 3.05. The van der Waals surface area contributed by atoms with E-state index in [1.165, 1.54) is 13.4 Å². The van der Waals surface area contributed by atoms with E-state index < -0.39 is 10.9 Å². The fourth-order valence-electron chi connectivity index (χ4n) is 3.49. The van der Waals surface area contributed by atoms with Crippen molar-refractivity contribution in [1.82, 2.24) is 15.0 Å². The van der Waals surface area contributed by atoms with Gasteiger partial charge in [0.05, 0.1) is 17.6 Å². The quantitative estimate of drug-likeness (QED) is 0.351. The lowest BCUT2D eigenvalue weighted by Crippen LogP contribution is -2.47. The Balaban J connectivity index is 1.54. The van der Waals surface area contributed by atoms with Gasteiger partial charge in [-0.15, -0.1) is 0 Å². The van der Waals surface area contributed by atoms with Gasteiger partial charge in [0.1, 0.15) is 12.1 Å². The Bertz CT molecular complexity index is 1100. The lowest BCUT2D eigenvalue weighted by molar-refractivity contribution is -0.383. The first kappa shape index (κ1) is 21.0. The summed E-state index contributed by atoms with van der Waals surface area (Å²) >= 11 is 0. The number of rotatable bonds is 6. The van der Waals surface area contributed by atoms with Crippen LogP contribution in [0, 0.1) is 10.1 Å². The molecule has 1 aromatic carbocycles. The molecule has 1 saturated heterocycles. The van der Waals surface area contributed by atoms with E-state index in [1.807, 2.05) is 23.1 Å². The third kappa shape index (κ3) is 4.41. The van der Waals surface area contributed by atoms with Crippen LogP contribution in [0.25, 0.3) is 0 Å². The van der Waals surface area contributed by atoms with Crippen molar-refractivity contribution >= 4 is 34.8 Å². The predicted octanol–water partition coefficient (Wildman–Crippen LogP) is 2.64. The van der Waals surface area contributed by atoms with Gasteiger partial charge in [0, 0.05) is 38.1 Å². The topological polar surface area (TPSA) is 127 Å². The summed E-state index contributed by atoms with van der Waals surface area (Å²) in [6.45, 7) is 2.44. The Morgan fingerprint density at radius 3 is 2.38 bits per heavy atom. The zero-order valence-electron chi connectivity index (χ0n) is 17.3. The molecule has 2 aromatic heterocycles. The van der Waals surface area contributed by atoms with Crippen LogP contribution in [0.4, 0.5) is 28.8 Å². The van der Waals surface area contributed by atoms with E-state index >= 15 is 0 Å². The van der Waals surface area contributed by atoms with Gasteiger partial charge in [-0.05, 0) is 36.4 Å². The van der Waals surface area contributed by atoms with Crippen LogP contribution in [0.2, 0.25) is 0 Å². The first-order valence-corrected chi connectivity index (χ1v) is 9.92. The lowest BCUT2D eigenvalue weighted by Gasteiger charge is -2.35. The van der Waals surface area contributed by atoms with Crippen LogP contribution >= 0.6 is 0 Å². The molecule has 1 aliphatic heterocycles. The summed E-state index contributed by atoms with van der Waals surface area (Å²) in [5.41, 5.74) is 0.725. The number of nitro groups is 1. The third-order valence-electron chi connectivity index (χ3n) is 5.11. The summed E-state index contributed by atoms with van der Waals surface area (Å²) in [5, 5.41) is 14.9. The van der Waals surface area contributed by atoms with E-state index in [0.717, 1.165) is 5.82 Å². The number of esters is 1. The number of piperazine rings is 1. The first-order chi connectivity index (χ1) is 15.6. The van der Waals surface area contributed by atoms with E-state index in [1.54, 1.807) is 30.5 Å². The van der Waals surface area contributed by atoms with Gasteiger partial charge >= 0.3 is 11.7 Å². The van der Waals surface area contributed by atoms with Gasteiger partial charge in [0.25, 0.3) is 0 Å². The Hall–Kier alpha value is -4.28. The molecule has 0 saturated carbocycles. The second-order valence-electron chi connectivity index (χ2n) is 7.01. The zero-order valence-corrected chi connectivity index (χ0v) is 17.3. The van der Waals surface area contributed by atoms with Crippen molar-refractivity contribution in [3.8, 4) is 0 Å². The highest BCUT2D eigenvalue weighted by Gasteiger charge is 2.29. The number of nitrogens with zero attached hydrogens (tertiary/aromatic N) is 6. The molecule has 3 heterocycles. The molecular formula is C21H21N7O4. The largest absolute Gasteiger partial charge is 0.465 e. The summed E-state index contributed by atoms with van der Waals surface area (Å²) in [4.78, 5) is 39.7. The number of hydrogen-bond donors (Lipinski definition) is 1. The maximum atomic E-state index is 11.9. The molecule has 4 rings (SSSR count). The van der Waals surface area contributed by atoms with Gasteiger partial charge in [-0.1, -0.05) is 6.07 Å². The number of aromatic nitrogens is 3. The standard InChI is InChI=1S/C21H21N7O4/c1-32-21(29)15-5-7-16(8-6-15)25-19-18(28(30)31)20(24-14-23-19)27-12-10-26(11-13-27)17-4-2-3-9-22-17/h2-9,14H,10-13H2,1H3,(H,23,24,25). The number of pyridine rings is 1. The van der Waals surface area contributed by atoms with Crippen molar-refractivity contribution in [3.63, 3.8) is 0 Å². The van der Waals surface area contributed by atoms with Crippen molar-refractivity contribution in [3.05, 3.63) is 70.7 Å². The highest BCUT2D eigenvalue weighted by Crippen LogP contribution is 2.34. The number of benzene rings is 1. The number of nitrogens with one attached hydrogen (secondary N) is 1. The molecule has 1 aliphatic rings. The van der Waals surface area contributed by atoms with E-state index in [4.69, 9.17) is 0 Å². The fraction of sp³-hybridized carbons (Fsp3) is 0.238. The van der Waals surface area contributed by atoms with Crippen LogP contribution in [0.5, 0.6) is 0 Å². The SMILES string of the molecule is COC(=O)c1ccc(Nc2ncnc(N3CCN(c4ccccn4)CC3)c2[N+](=O)[O-])cc1. The monoisotopic (exact) mass is 435 g/mol. The van der Waals surface area contributed by atoms with Gasteiger partial charge in [-0.25, -0.2) is 19.7 Å². The molecule has 11 nitrogen and oxygen atoms in total. The van der Waals surface area contributed by atoms with Crippen molar-refractivity contribution in [2.24, 2.45) is 0 Å². The van der Waals surface area contributed by atoms with Crippen molar-refractivity contribution in [2.45, 2.75) is 0 Å². The first-order valence-electron chi connectivity index (χ1n) is 9.92. The number of carbonyl (C=O) groups is 1. The number of hydrogen-bond acceptors (Lipinski definition) is 10. The number of methoxy groups -OCH3 is 1. The molecular weight excluding hydrogens is 414 g/mol. The minimum atomic E-state index is -0.481. The maximum Gasteiger partial charge on any atom is 0.353 e. The highest BCUT2D eigenvalue weighted by atomic mass is 16.6. The van der Waals surface area contributed by atoms with Crippen LogP contribution in [0.15, 0.2) is 55.0 Å². The number of anilines is 4. The smallest absolute Gasteiger partial charge is 0.353 e. The van der Waals surface area contributed by atoms with Crippen molar-refractivity contribution in [2.75, 3.05) is 48.4 Å². The van der Waals surface area contributed by atoms with Crippen LogP contribution in [-0.4, -0.2) is 59.1 Å². The Morgan fingerprint density at radius 2 is 1.75 bits per heavy atom. The van der Waals surface area contributed by atoms with Crippen molar-refractivity contribution < 1.29 is 14.5 Å². The molecule has 0 amide bonds. The molecule has 32 heavy (non-hydrogen) atoms. The molecule has 3 aromatic rings. The molecule has 1 fully saturated rings.